The van der Waals surface area contributed by atoms with Gasteiger partial charge in [-0.05, 0) is 48.9 Å². The number of hydrogen-bond donors (Lipinski definition) is 1. The van der Waals surface area contributed by atoms with Crippen LogP contribution in [-0.4, -0.2) is 33.1 Å². The topological polar surface area (TPSA) is 58.6 Å². The zero-order chi connectivity index (χ0) is 17.0. The number of amides is 1. The minimum absolute atomic E-state index is 0.222. The number of methoxy groups -OCH3 is 1. The molecule has 120 valence electrons. The maximum Gasteiger partial charge on any atom is 0.337 e. The number of carbonyl (C=O) groups excluding carboxylic acids is 2. The Bertz CT molecular complexity index is 739. The number of esters is 1. The zero-order valence-corrected chi connectivity index (χ0v) is 13.7. The molecule has 0 heterocycles. The van der Waals surface area contributed by atoms with Crippen molar-refractivity contribution in [3.05, 3.63) is 59.2 Å². The molecule has 0 aliphatic rings. The summed E-state index contributed by atoms with van der Waals surface area (Å²) in [5.41, 5.74) is 3.59. The van der Waals surface area contributed by atoms with Crippen molar-refractivity contribution < 1.29 is 14.3 Å². The highest BCUT2D eigenvalue weighted by molar-refractivity contribution is 6.05. The van der Waals surface area contributed by atoms with Crippen molar-refractivity contribution in [2.45, 2.75) is 6.92 Å². The SMILES string of the molecule is COC(=O)c1cccc(NC(=O)c2ccc(N(C)C)c(C)c2)c1. The third-order valence-electron chi connectivity index (χ3n) is 3.48. The number of anilines is 2. The standard InChI is InChI=1S/C18H20N2O3/c1-12-10-13(8-9-16(12)20(2)3)17(21)19-15-7-5-6-14(11-15)18(22)23-4/h5-11H,1-4H3,(H,19,21). The monoisotopic (exact) mass is 312 g/mol. The molecule has 5 heteroatoms. The minimum atomic E-state index is -0.438. The molecule has 2 rings (SSSR count). The Morgan fingerprint density at radius 3 is 2.39 bits per heavy atom. The molecule has 0 fully saturated rings. The average molecular weight is 312 g/mol. The first-order valence-corrected chi connectivity index (χ1v) is 7.20. The normalized spacial score (nSPS) is 10.1. The fraction of sp³-hybridized carbons (Fsp3) is 0.222. The van der Waals surface area contributed by atoms with E-state index in [1.807, 2.05) is 38.1 Å². The molecule has 0 aromatic heterocycles. The van der Waals surface area contributed by atoms with E-state index >= 15 is 0 Å². The van der Waals surface area contributed by atoms with Crippen LogP contribution in [0.1, 0.15) is 26.3 Å². The van der Waals surface area contributed by atoms with Crippen molar-refractivity contribution in [3.8, 4) is 0 Å². The number of benzene rings is 2. The zero-order valence-electron chi connectivity index (χ0n) is 13.7. The van der Waals surface area contributed by atoms with Gasteiger partial charge in [-0.25, -0.2) is 4.79 Å². The fourth-order valence-electron chi connectivity index (χ4n) is 2.34. The number of nitrogens with zero attached hydrogens (tertiary/aromatic N) is 1. The van der Waals surface area contributed by atoms with E-state index in [0.717, 1.165) is 11.3 Å². The third kappa shape index (κ3) is 3.88. The summed E-state index contributed by atoms with van der Waals surface area (Å²) >= 11 is 0. The Morgan fingerprint density at radius 1 is 1.04 bits per heavy atom. The minimum Gasteiger partial charge on any atom is -0.465 e. The maximum atomic E-state index is 12.4. The number of hydrogen-bond acceptors (Lipinski definition) is 4. The molecule has 0 aliphatic heterocycles. The van der Waals surface area contributed by atoms with Crippen LogP contribution in [0.15, 0.2) is 42.5 Å². The fourth-order valence-corrected chi connectivity index (χ4v) is 2.34. The summed E-state index contributed by atoms with van der Waals surface area (Å²) in [4.78, 5) is 25.9. The molecule has 1 N–H and O–H groups in total. The highest BCUT2D eigenvalue weighted by Gasteiger charge is 2.11. The van der Waals surface area contributed by atoms with Crippen molar-refractivity contribution in [1.29, 1.82) is 0 Å². The van der Waals surface area contributed by atoms with Crippen LogP contribution in [0.5, 0.6) is 0 Å². The van der Waals surface area contributed by atoms with E-state index in [1.54, 1.807) is 30.3 Å². The lowest BCUT2D eigenvalue weighted by Gasteiger charge is -2.16. The molecule has 0 unspecified atom stereocenters. The van der Waals surface area contributed by atoms with Crippen LogP contribution in [0.3, 0.4) is 0 Å². The van der Waals surface area contributed by atoms with Gasteiger partial charge in [-0.3, -0.25) is 4.79 Å². The lowest BCUT2D eigenvalue weighted by Crippen LogP contribution is -2.14. The smallest absolute Gasteiger partial charge is 0.337 e. The summed E-state index contributed by atoms with van der Waals surface area (Å²) in [6.07, 6.45) is 0. The molecule has 2 aromatic carbocycles. The highest BCUT2D eigenvalue weighted by atomic mass is 16.5. The van der Waals surface area contributed by atoms with Gasteiger partial charge in [0.2, 0.25) is 0 Å². The first kappa shape index (κ1) is 16.5. The Balaban J connectivity index is 2.19. The van der Waals surface area contributed by atoms with E-state index in [2.05, 4.69) is 10.1 Å². The van der Waals surface area contributed by atoms with Gasteiger partial charge in [0, 0.05) is 31.0 Å². The second-order valence-electron chi connectivity index (χ2n) is 5.42. The Kier molecular flexibility index (Phi) is 5.01. The predicted molar refractivity (Wildman–Crippen MR) is 91.2 cm³/mol. The molecule has 0 spiro atoms. The van der Waals surface area contributed by atoms with Crippen LogP contribution in [-0.2, 0) is 4.74 Å². The molecular weight excluding hydrogens is 292 g/mol. The molecule has 0 atom stereocenters. The summed E-state index contributed by atoms with van der Waals surface area (Å²) in [6.45, 7) is 1.96. The summed E-state index contributed by atoms with van der Waals surface area (Å²) < 4.78 is 4.68. The first-order valence-electron chi connectivity index (χ1n) is 7.20. The number of nitrogens with one attached hydrogen (secondary N) is 1. The van der Waals surface area contributed by atoms with E-state index in [-0.39, 0.29) is 5.91 Å². The molecule has 2 aromatic rings. The second kappa shape index (κ2) is 6.96. The van der Waals surface area contributed by atoms with Crippen molar-refractivity contribution in [3.63, 3.8) is 0 Å². The van der Waals surface area contributed by atoms with Crippen LogP contribution in [0.4, 0.5) is 11.4 Å². The molecule has 1 amide bonds. The summed E-state index contributed by atoms with van der Waals surface area (Å²) in [5.74, 6) is -0.660. The molecular formula is C18H20N2O3. The van der Waals surface area contributed by atoms with Crippen LogP contribution < -0.4 is 10.2 Å². The van der Waals surface area contributed by atoms with Crippen molar-refractivity contribution in [2.24, 2.45) is 0 Å². The van der Waals surface area contributed by atoms with E-state index in [4.69, 9.17) is 0 Å². The van der Waals surface area contributed by atoms with Gasteiger partial charge in [0.1, 0.15) is 0 Å². The molecule has 0 radical (unpaired) electrons. The number of carbonyl (C=O) groups is 2. The van der Waals surface area contributed by atoms with Gasteiger partial charge in [-0.2, -0.15) is 0 Å². The van der Waals surface area contributed by atoms with Gasteiger partial charge in [0.15, 0.2) is 0 Å². The highest BCUT2D eigenvalue weighted by Crippen LogP contribution is 2.20. The quantitative estimate of drug-likeness (QED) is 0.881. The van der Waals surface area contributed by atoms with E-state index in [0.29, 0.717) is 16.8 Å². The van der Waals surface area contributed by atoms with Gasteiger partial charge >= 0.3 is 5.97 Å². The number of rotatable bonds is 4. The Labute approximate surface area is 135 Å². The van der Waals surface area contributed by atoms with E-state index in [1.165, 1.54) is 7.11 Å². The molecule has 0 aliphatic carbocycles. The molecule has 0 saturated carbocycles. The lowest BCUT2D eigenvalue weighted by atomic mass is 10.1. The van der Waals surface area contributed by atoms with Crippen molar-refractivity contribution in [1.82, 2.24) is 0 Å². The molecule has 0 saturated heterocycles. The molecule has 5 nitrogen and oxygen atoms in total. The van der Waals surface area contributed by atoms with Crippen molar-refractivity contribution in [2.75, 3.05) is 31.4 Å². The van der Waals surface area contributed by atoms with Crippen LogP contribution in [0.2, 0.25) is 0 Å². The third-order valence-corrected chi connectivity index (χ3v) is 3.48. The van der Waals surface area contributed by atoms with Gasteiger partial charge in [-0.1, -0.05) is 6.07 Å². The largest absolute Gasteiger partial charge is 0.465 e. The van der Waals surface area contributed by atoms with Gasteiger partial charge in [0.05, 0.1) is 12.7 Å². The lowest BCUT2D eigenvalue weighted by molar-refractivity contribution is 0.0600. The van der Waals surface area contributed by atoms with Gasteiger partial charge < -0.3 is 15.0 Å². The van der Waals surface area contributed by atoms with Crippen LogP contribution >= 0.6 is 0 Å². The van der Waals surface area contributed by atoms with Crippen molar-refractivity contribution >= 4 is 23.3 Å². The second-order valence-corrected chi connectivity index (χ2v) is 5.42. The number of ether oxygens (including phenoxy) is 1. The molecule has 23 heavy (non-hydrogen) atoms. The Hall–Kier alpha value is -2.82. The van der Waals surface area contributed by atoms with Gasteiger partial charge in [0.25, 0.3) is 5.91 Å². The van der Waals surface area contributed by atoms with Crippen LogP contribution in [0, 0.1) is 6.92 Å². The average Bonchev–Trinajstić information content (AvgIpc) is 2.53. The van der Waals surface area contributed by atoms with E-state index in [9.17, 15) is 9.59 Å². The number of aryl methyl sites for hydroxylation is 1. The Morgan fingerprint density at radius 2 is 1.78 bits per heavy atom. The maximum absolute atomic E-state index is 12.4. The van der Waals surface area contributed by atoms with E-state index < -0.39 is 5.97 Å². The first-order chi connectivity index (χ1) is 10.9. The van der Waals surface area contributed by atoms with Crippen LogP contribution in [0.25, 0.3) is 0 Å². The summed E-state index contributed by atoms with van der Waals surface area (Å²) in [7, 11) is 5.24. The molecule has 0 bridgehead atoms. The summed E-state index contributed by atoms with van der Waals surface area (Å²) in [5, 5.41) is 2.79. The van der Waals surface area contributed by atoms with Gasteiger partial charge in [-0.15, -0.1) is 0 Å². The summed E-state index contributed by atoms with van der Waals surface area (Å²) in [6, 6.07) is 12.2. The predicted octanol–water partition coefficient (Wildman–Crippen LogP) is 3.10.